The van der Waals surface area contributed by atoms with E-state index in [1.165, 1.54) is 11.8 Å². The second-order valence-corrected chi connectivity index (χ2v) is 7.80. The Bertz CT molecular complexity index is 1130. The molecule has 148 valence electrons. The average Bonchev–Trinajstić information content (AvgIpc) is 3.36. The highest BCUT2D eigenvalue weighted by atomic mass is 35.5. The van der Waals surface area contributed by atoms with Crippen LogP contribution < -0.4 is 4.74 Å². The van der Waals surface area contributed by atoms with E-state index in [1.54, 1.807) is 6.20 Å². The second kappa shape index (κ2) is 8.71. The number of benzene rings is 2. The van der Waals surface area contributed by atoms with Crippen LogP contribution in [0.3, 0.4) is 0 Å². The first-order valence-electron chi connectivity index (χ1n) is 8.93. The van der Waals surface area contributed by atoms with E-state index in [4.69, 9.17) is 25.2 Å². The van der Waals surface area contributed by atoms with Crippen LogP contribution in [-0.4, -0.2) is 15.2 Å². The molecule has 0 fully saturated rings. The molecule has 0 amide bonds. The van der Waals surface area contributed by atoms with E-state index < -0.39 is 0 Å². The van der Waals surface area contributed by atoms with Crippen LogP contribution in [-0.2, 0) is 12.4 Å². The van der Waals surface area contributed by atoms with Crippen LogP contribution in [0.2, 0.25) is 5.02 Å². The van der Waals surface area contributed by atoms with Gasteiger partial charge in [0.15, 0.2) is 12.4 Å². The summed E-state index contributed by atoms with van der Waals surface area (Å²) in [5.41, 5.74) is 3.07. The van der Waals surface area contributed by atoms with Crippen LogP contribution in [0.25, 0.3) is 11.3 Å². The highest BCUT2D eigenvalue weighted by Crippen LogP contribution is 2.27. The van der Waals surface area contributed by atoms with Crippen molar-refractivity contribution in [2.45, 2.75) is 31.4 Å². The fraction of sp³-hybridized carbons (Fsp3) is 0.190. The highest BCUT2D eigenvalue weighted by Gasteiger charge is 2.12. The summed E-state index contributed by atoms with van der Waals surface area (Å²) in [6.45, 7) is 4.24. The van der Waals surface area contributed by atoms with Crippen LogP contribution in [0.4, 0.5) is 0 Å². The number of hydrogen-bond donors (Lipinski definition) is 0. The first kappa shape index (κ1) is 19.5. The summed E-state index contributed by atoms with van der Waals surface area (Å²) < 4.78 is 17.2. The van der Waals surface area contributed by atoms with Crippen molar-refractivity contribution in [1.82, 2.24) is 15.2 Å². The van der Waals surface area contributed by atoms with Gasteiger partial charge in [0.25, 0.3) is 11.1 Å². The Labute approximate surface area is 177 Å². The molecule has 0 aliphatic heterocycles. The number of hydrogen-bond acceptors (Lipinski definition) is 7. The van der Waals surface area contributed by atoms with E-state index in [0.717, 1.165) is 22.4 Å². The molecule has 0 atom stereocenters. The van der Waals surface area contributed by atoms with Gasteiger partial charge >= 0.3 is 0 Å². The summed E-state index contributed by atoms with van der Waals surface area (Å²) in [4.78, 5) is 4.29. The fourth-order valence-corrected chi connectivity index (χ4v) is 3.46. The van der Waals surface area contributed by atoms with Crippen molar-refractivity contribution < 1.29 is 13.6 Å². The SMILES string of the molecule is Cc1ccc(C)c(OCc2nnc(SCc3ncc(-c4cccc(Cl)c4)o3)o2)c1. The minimum atomic E-state index is 0.218. The number of oxazole rings is 1. The van der Waals surface area contributed by atoms with Crippen molar-refractivity contribution in [3.05, 3.63) is 76.6 Å². The number of thioether (sulfide) groups is 1. The molecule has 0 saturated heterocycles. The van der Waals surface area contributed by atoms with Gasteiger partial charge in [-0.3, -0.25) is 0 Å². The third-order valence-electron chi connectivity index (χ3n) is 4.12. The minimum Gasteiger partial charge on any atom is -0.484 e. The van der Waals surface area contributed by atoms with Crippen LogP contribution in [0.1, 0.15) is 22.9 Å². The molecule has 0 unspecified atom stereocenters. The molecule has 2 aromatic heterocycles. The van der Waals surface area contributed by atoms with Gasteiger partial charge in [-0.25, -0.2) is 4.98 Å². The molecule has 0 aliphatic rings. The Morgan fingerprint density at radius 2 is 1.93 bits per heavy atom. The Morgan fingerprint density at radius 1 is 1.03 bits per heavy atom. The maximum atomic E-state index is 6.02. The third kappa shape index (κ3) is 4.99. The van der Waals surface area contributed by atoms with Gasteiger partial charge in [0.1, 0.15) is 5.75 Å². The minimum absolute atomic E-state index is 0.218. The average molecular weight is 428 g/mol. The van der Waals surface area contributed by atoms with Crippen molar-refractivity contribution in [3.63, 3.8) is 0 Å². The van der Waals surface area contributed by atoms with Gasteiger partial charge < -0.3 is 13.6 Å². The Morgan fingerprint density at radius 3 is 2.79 bits per heavy atom. The first-order chi connectivity index (χ1) is 14.1. The molecule has 0 saturated carbocycles. The van der Waals surface area contributed by atoms with Crippen LogP contribution in [0, 0.1) is 13.8 Å². The van der Waals surface area contributed by atoms with Crippen molar-refractivity contribution in [2.24, 2.45) is 0 Å². The van der Waals surface area contributed by atoms with Crippen LogP contribution in [0.5, 0.6) is 5.75 Å². The van der Waals surface area contributed by atoms with Crippen molar-refractivity contribution in [3.8, 4) is 17.1 Å². The Hall–Kier alpha value is -2.77. The lowest BCUT2D eigenvalue weighted by Gasteiger charge is -2.07. The standard InChI is InChI=1S/C21H18ClN3O3S/c1-13-6-7-14(2)17(8-13)26-11-19-24-25-21(28-19)29-12-20-23-10-18(27-20)15-4-3-5-16(22)9-15/h3-10H,11-12H2,1-2H3. The summed E-state index contributed by atoms with van der Waals surface area (Å²) in [5.74, 6) is 2.93. The smallest absolute Gasteiger partial charge is 0.277 e. The quantitative estimate of drug-likeness (QED) is 0.341. The number of rotatable bonds is 7. The number of halogens is 1. The van der Waals surface area contributed by atoms with E-state index >= 15 is 0 Å². The molecule has 0 N–H and O–H groups in total. The van der Waals surface area contributed by atoms with E-state index in [0.29, 0.717) is 33.5 Å². The second-order valence-electron chi connectivity index (χ2n) is 6.44. The summed E-state index contributed by atoms with van der Waals surface area (Å²) in [6.07, 6.45) is 1.68. The number of ether oxygens (including phenoxy) is 1. The van der Waals surface area contributed by atoms with Crippen molar-refractivity contribution in [2.75, 3.05) is 0 Å². The van der Waals surface area contributed by atoms with Crippen LogP contribution in [0.15, 0.2) is 62.7 Å². The normalized spacial score (nSPS) is 11.0. The molecule has 0 radical (unpaired) electrons. The number of aryl methyl sites for hydroxylation is 2. The van der Waals surface area contributed by atoms with Crippen molar-refractivity contribution in [1.29, 1.82) is 0 Å². The molecule has 2 aromatic carbocycles. The Balaban J connectivity index is 1.33. The van der Waals surface area contributed by atoms with Gasteiger partial charge in [-0.15, -0.1) is 10.2 Å². The molecule has 0 aliphatic carbocycles. The summed E-state index contributed by atoms with van der Waals surface area (Å²) in [5, 5.41) is 9.16. The highest BCUT2D eigenvalue weighted by molar-refractivity contribution is 7.98. The largest absolute Gasteiger partial charge is 0.484 e. The zero-order chi connectivity index (χ0) is 20.2. The topological polar surface area (TPSA) is 74.2 Å². The Kier molecular flexibility index (Phi) is 5.87. The van der Waals surface area contributed by atoms with Crippen LogP contribution >= 0.6 is 23.4 Å². The molecule has 6 nitrogen and oxygen atoms in total. The van der Waals surface area contributed by atoms with Gasteiger partial charge in [-0.1, -0.05) is 47.6 Å². The maximum absolute atomic E-state index is 6.02. The first-order valence-corrected chi connectivity index (χ1v) is 10.3. The monoisotopic (exact) mass is 427 g/mol. The van der Waals surface area contributed by atoms with Gasteiger partial charge in [0.2, 0.25) is 5.89 Å². The number of nitrogens with zero attached hydrogens (tertiary/aromatic N) is 3. The van der Waals surface area contributed by atoms with E-state index in [2.05, 4.69) is 15.2 Å². The molecule has 8 heteroatoms. The molecular formula is C21H18ClN3O3S. The van der Waals surface area contributed by atoms with Gasteiger partial charge in [0.05, 0.1) is 11.9 Å². The number of aromatic nitrogens is 3. The molecule has 4 aromatic rings. The van der Waals surface area contributed by atoms with Crippen molar-refractivity contribution >= 4 is 23.4 Å². The molecule has 4 rings (SSSR count). The van der Waals surface area contributed by atoms with E-state index in [9.17, 15) is 0 Å². The van der Waals surface area contributed by atoms with E-state index in [-0.39, 0.29) is 6.61 Å². The predicted molar refractivity (Wildman–Crippen MR) is 111 cm³/mol. The predicted octanol–water partition coefficient (Wildman–Crippen LogP) is 5.87. The third-order valence-corrected chi connectivity index (χ3v) is 5.16. The maximum Gasteiger partial charge on any atom is 0.277 e. The molecule has 0 bridgehead atoms. The lowest BCUT2D eigenvalue weighted by atomic mass is 10.1. The zero-order valence-corrected chi connectivity index (χ0v) is 17.5. The summed E-state index contributed by atoms with van der Waals surface area (Å²) in [6, 6.07) is 13.5. The summed E-state index contributed by atoms with van der Waals surface area (Å²) in [7, 11) is 0. The zero-order valence-electron chi connectivity index (χ0n) is 15.9. The lowest BCUT2D eigenvalue weighted by Crippen LogP contribution is -1.97. The fourth-order valence-electron chi connectivity index (χ4n) is 2.63. The van der Waals surface area contributed by atoms with Gasteiger partial charge in [0, 0.05) is 10.6 Å². The molecular weight excluding hydrogens is 410 g/mol. The molecule has 29 heavy (non-hydrogen) atoms. The molecule has 2 heterocycles. The van der Waals surface area contributed by atoms with Gasteiger partial charge in [-0.05, 0) is 43.2 Å². The lowest BCUT2D eigenvalue weighted by molar-refractivity contribution is 0.250. The molecule has 0 spiro atoms. The summed E-state index contributed by atoms with van der Waals surface area (Å²) >= 11 is 7.38. The van der Waals surface area contributed by atoms with Gasteiger partial charge in [-0.2, -0.15) is 0 Å². The van der Waals surface area contributed by atoms with E-state index in [1.807, 2.05) is 56.3 Å².